The molecular weight excluding hydrogens is 434 g/mol. The van der Waals surface area contributed by atoms with Crippen LogP contribution in [0, 0.1) is 13.8 Å². The van der Waals surface area contributed by atoms with Gasteiger partial charge in [-0.3, -0.25) is 14.2 Å². The molecule has 5 nitrogen and oxygen atoms in total. The molecule has 3 heterocycles. The van der Waals surface area contributed by atoms with Gasteiger partial charge in [0.15, 0.2) is 5.16 Å². The van der Waals surface area contributed by atoms with Gasteiger partial charge in [-0.2, -0.15) is 0 Å². The average Bonchev–Trinajstić information content (AvgIpc) is 3.40. The third-order valence-electron chi connectivity index (χ3n) is 4.68. The molecule has 4 aromatic rings. The van der Waals surface area contributed by atoms with Crippen molar-refractivity contribution < 1.29 is 4.79 Å². The molecule has 0 saturated carbocycles. The average molecular weight is 456 g/mol. The molecule has 154 valence electrons. The summed E-state index contributed by atoms with van der Waals surface area (Å²) in [5.41, 5.74) is 3.64. The van der Waals surface area contributed by atoms with Crippen LogP contribution in [-0.2, 0) is 17.8 Å². The zero-order chi connectivity index (χ0) is 21.1. The number of anilines is 1. The molecule has 0 aliphatic heterocycles. The first-order valence-electron chi connectivity index (χ1n) is 9.51. The minimum absolute atomic E-state index is 0.0381. The second-order valence-electron chi connectivity index (χ2n) is 6.97. The maximum atomic E-state index is 13.0. The SMILES string of the molecule is Cc1ccc(NC(=O)CSc2nc3ccsc3c(=O)n2CCc2cccs2)c(C)c1. The first-order valence-corrected chi connectivity index (χ1v) is 12.3. The monoisotopic (exact) mass is 455 g/mol. The van der Waals surface area contributed by atoms with Crippen molar-refractivity contribution in [2.45, 2.75) is 32.0 Å². The summed E-state index contributed by atoms with van der Waals surface area (Å²) < 4.78 is 2.36. The van der Waals surface area contributed by atoms with Gasteiger partial charge in [0.25, 0.3) is 5.56 Å². The van der Waals surface area contributed by atoms with Crippen molar-refractivity contribution >= 4 is 56.2 Å². The highest BCUT2D eigenvalue weighted by molar-refractivity contribution is 7.99. The largest absolute Gasteiger partial charge is 0.325 e. The second kappa shape index (κ2) is 9.16. The number of nitrogens with zero attached hydrogens (tertiary/aromatic N) is 2. The lowest BCUT2D eigenvalue weighted by atomic mass is 10.1. The highest BCUT2D eigenvalue weighted by Crippen LogP contribution is 2.23. The summed E-state index contributed by atoms with van der Waals surface area (Å²) in [6, 6.07) is 11.9. The number of aromatic nitrogens is 2. The van der Waals surface area contributed by atoms with Gasteiger partial charge in [-0.05, 0) is 54.8 Å². The number of rotatable bonds is 7. The summed E-state index contributed by atoms with van der Waals surface area (Å²) in [7, 11) is 0. The smallest absolute Gasteiger partial charge is 0.272 e. The Kier molecular flexibility index (Phi) is 6.36. The van der Waals surface area contributed by atoms with Crippen molar-refractivity contribution in [3.63, 3.8) is 0 Å². The molecule has 1 amide bonds. The molecule has 1 N–H and O–H groups in total. The van der Waals surface area contributed by atoms with Gasteiger partial charge >= 0.3 is 0 Å². The molecule has 0 bridgehead atoms. The van der Waals surface area contributed by atoms with Crippen molar-refractivity contribution in [2.75, 3.05) is 11.1 Å². The number of amides is 1. The maximum absolute atomic E-state index is 13.0. The van der Waals surface area contributed by atoms with Crippen molar-refractivity contribution in [3.05, 3.63) is 73.5 Å². The van der Waals surface area contributed by atoms with Crippen LogP contribution in [0.1, 0.15) is 16.0 Å². The van der Waals surface area contributed by atoms with Gasteiger partial charge in [-0.15, -0.1) is 22.7 Å². The fraction of sp³-hybridized carbons (Fsp3) is 0.227. The molecule has 0 saturated heterocycles. The summed E-state index contributed by atoms with van der Waals surface area (Å²) >= 11 is 4.38. The topological polar surface area (TPSA) is 64.0 Å². The van der Waals surface area contributed by atoms with Gasteiger partial charge in [0, 0.05) is 17.1 Å². The Hall–Kier alpha value is -2.42. The van der Waals surface area contributed by atoms with Crippen LogP contribution < -0.4 is 10.9 Å². The number of hydrogen-bond acceptors (Lipinski definition) is 6. The Morgan fingerprint density at radius 3 is 2.80 bits per heavy atom. The predicted molar refractivity (Wildman–Crippen MR) is 127 cm³/mol. The molecule has 1 aromatic carbocycles. The van der Waals surface area contributed by atoms with E-state index in [0.717, 1.165) is 23.2 Å². The fourth-order valence-corrected chi connectivity index (χ4v) is 5.48. The minimum atomic E-state index is -0.114. The number of fused-ring (bicyclic) bond motifs is 1. The molecule has 0 fully saturated rings. The molecule has 8 heteroatoms. The van der Waals surface area contributed by atoms with Crippen molar-refractivity contribution in [3.8, 4) is 0 Å². The van der Waals surface area contributed by atoms with E-state index in [9.17, 15) is 9.59 Å². The predicted octanol–water partition coefficient (Wildman–Crippen LogP) is 5.11. The molecule has 4 rings (SSSR count). The minimum Gasteiger partial charge on any atom is -0.325 e. The van der Waals surface area contributed by atoms with Crippen LogP contribution in [0.2, 0.25) is 0 Å². The first-order chi connectivity index (χ1) is 14.5. The van der Waals surface area contributed by atoms with Crippen LogP contribution in [0.3, 0.4) is 0 Å². The third kappa shape index (κ3) is 4.66. The van der Waals surface area contributed by atoms with Crippen molar-refractivity contribution in [2.24, 2.45) is 0 Å². The number of carbonyl (C=O) groups excluding carboxylic acids is 1. The van der Waals surface area contributed by atoms with E-state index in [-0.39, 0.29) is 17.2 Å². The number of hydrogen-bond donors (Lipinski definition) is 1. The summed E-state index contributed by atoms with van der Waals surface area (Å²) in [5.74, 6) is 0.0745. The van der Waals surface area contributed by atoms with Gasteiger partial charge in [0.2, 0.25) is 5.91 Å². The van der Waals surface area contributed by atoms with E-state index in [1.807, 2.05) is 54.9 Å². The Balaban J connectivity index is 1.52. The van der Waals surface area contributed by atoms with E-state index in [0.29, 0.717) is 21.9 Å². The van der Waals surface area contributed by atoms with E-state index < -0.39 is 0 Å². The van der Waals surface area contributed by atoms with Crippen LogP contribution in [-0.4, -0.2) is 21.2 Å². The number of benzene rings is 1. The Morgan fingerprint density at radius 2 is 2.03 bits per heavy atom. The maximum Gasteiger partial charge on any atom is 0.272 e. The number of nitrogens with one attached hydrogen (secondary N) is 1. The van der Waals surface area contributed by atoms with Crippen LogP contribution in [0.4, 0.5) is 5.69 Å². The summed E-state index contributed by atoms with van der Waals surface area (Å²) in [5, 5.41) is 7.45. The van der Waals surface area contributed by atoms with E-state index >= 15 is 0 Å². The second-order valence-corrected chi connectivity index (χ2v) is 9.86. The van der Waals surface area contributed by atoms with Crippen molar-refractivity contribution in [1.29, 1.82) is 0 Å². The highest BCUT2D eigenvalue weighted by Gasteiger charge is 2.15. The molecule has 0 radical (unpaired) electrons. The molecule has 30 heavy (non-hydrogen) atoms. The standard InChI is InChI=1S/C22H21N3O2S3/c1-14-5-6-17(15(2)12-14)23-19(26)13-30-22-24-18-8-11-29-20(18)21(27)25(22)9-7-16-4-3-10-28-16/h3-6,8,10-12H,7,9,13H2,1-2H3,(H,23,26). The zero-order valence-corrected chi connectivity index (χ0v) is 19.1. The normalized spacial score (nSPS) is 11.1. The summed E-state index contributed by atoms with van der Waals surface area (Å²) in [6.45, 7) is 4.54. The number of thiophene rings is 2. The molecule has 0 unspecified atom stereocenters. The molecule has 0 atom stereocenters. The number of thioether (sulfide) groups is 1. The van der Waals surface area contributed by atoms with Crippen LogP contribution in [0.5, 0.6) is 0 Å². The highest BCUT2D eigenvalue weighted by atomic mass is 32.2. The lowest BCUT2D eigenvalue weighted by Gasteiger charge is -2.12. The molecule has 0 aliphatic carbocycles. The van der Waals surface area contributed by atoms with E-state index in [2.05, 4.69) is 16.4 Å². The van der Waals surface area contributed by atoms with Crippen LogP contribution >= 0.6 is 34.4 Å². The van der Waals surface area contributed by atoms with Crippen LogP contribution in [0.15, 0.2) is 57.1 Å². The summed E-state index contributed by atoms with van der Waals surface area (Å²) in [4.78, 5) is 31.4. The van der Waals surface area contributed by atoms with E-state index in [1.165, 1.54) is 28.0 Å². The number of carbonyl (C=O) groups is 1. The van der Waals surface area contributed by atoms with Crippen molar-refractivity contribution in [1.82, 2.24) is 9.55 Å². The Bertz CT molecular complexity index is 1240. The lowest BCUT2D eigenvalue weighted by molar-refractivity contribution is -0.113. The third-order valence-corrected chi connectivity index (χ3v) is 7.49. The van der Waals surface area contributed by atoms with Crippen LogP contribution in [0.25, 0.3) is 10.2 Å². The van der Waals surface area contributed by atoms with Gasteiger partial charge < -0.3 is 5.32 Å². The lowest BCUT2D eigenvalue weighted by Crippen LogP contribution is -2.24. The zero-order valence-electron chi connectivity index (χ0n) is 16.7. The van der Waals surface area contributed by atoms with E-state index in [4.69, 9.17) is 0 Å². The van der Waals surface area contributed by atoms with Gasteiger partial charge in [0.05, 0.1) is 11.3 Å². The summed E-state index contributed by atoms with van der Waals surface area (Å²) in [6.07, 6.45) is 0.762. The molecule has 3 aromatic heterocycles. The molecular formula is C22H21N3O2S3. The van der Waals surface area contributed by atoms with Gasteiger partial charge in [0.1, 0.15) is 4.70 Å². The van der Waals surface area contributed by atoms with E-state index in [1.54, 1.807) is 15.9 Å². The Morgan fingerprint density at radius 1 is 1.17 bits per heavy atom. The first kappa shape index (κ1) is 20.8. The molecule has 0 spiro atoms. The van der Waals surface area contributed by atoms with Gasteiger partial charge in [-0.25, -0.2) is 4.98 Å². The fourth-order valence-electron chi connectivity index (χ4n) is 3.18. The van der Waals surface area contributed by atoms with Gasteiger partial charge in [-0.1, -0.05) is 35.5 Å². The number of aryl methyl sites for hydroxylation is 3. The quantitative estimate of drug-likeness (QED) is 0.311. The Labute approximate surface area is 186 Å². The molecule has 0 aliphatic rings.